The Labute approximate surface area is 122 Å². The first-order valence-corrected chi connectivity index (χ1v) is 6.05. The molecule has 0 aliphatic heterocycles. The summed E-state index contributed by atoms with van der Waals surface area (Å²) < 4.78 is 33.2. The number of benzene rings is 2. The SMILES string of the molecule is C=Cc1ccc(S(=O)(=O)[O-])c2ccccc12.[Na+]. The monoisotopic (exact) mass is 256 g/mol. The van der Waals surface area contributed by atoms with Gasteiger partial charge in [-0.1, -0.05) is 43.0 Å². The van der Waals surface area contributed by atoms with E-state index in [4.69, 9.17) is 0 Å². The fraction of sp³-hybridized carbons (Fsp3) is 0. The van der Waals surface area contributed by atoms with E-state index in [9.17, 15) is 13.0 Å². The Kier molecular flexibility index (Phi) is 4.52. The molecule has 0 spiro atoms. The first-order chi connectivity index (χ1) is 7.54. The van der Waals surface area contributed by atoms with E-state index in [0.29, 0.717) is 5.39 Å². The Hall–Kier alpha value is -0.650. The van der Waals surface area contributed by atoms with E-state index in [-0.39, 0.29) is 34.5 Å². The molecule has 0 saturated carbocycles. The number of hydrogen-bond donors (Lipinski definition) is 0. The fourth-order valence-electron chi connectivity index (χ4n) is 1.69. The van der Waals surface area contributed by atoms with E-state index in [1.165, 1.54) is 6.07 Å². The van der Waals surface area contributed by atoms with Crippen molar-refractivity contribution in [3.8, 4) is 0 Å². The smallest absolute Gasteiger partial charge is 0.744 e. The second-order valence-corrected chi connectivity index (χ2v) is 4.70. The van der Waals surface area contributed by atoms with Crippen LogP contribution >= 0.6 is 0 Å². The van der Waals surface area contributed by atoms with Crippen molar-refractivity contribution in [3.05, 3.63) is 48.5 Å². The van der Waals surface area contributed by atoms with E-state index >= 15 is 0 Å². The number of fused-ring (bicyclic) bond motifs is 1. The molecular formula is C12H9NaO3S. The quantitative estimate of drug-likeness (QED) is 0.532. The van der Waals surface area contributed by atoms with Crippen LogP contribution in [0.25, 0.3) is 16.8 Å². The molecule has 2 aromatic rings. The molecule has 0 radical (unpaired) electrons. The van der Waals surface area contributed by atoms with Gasteiger partial charge in [-0.25, -0.2) is 8.42 Å². The zero-order valence-corrected chi connectivity index (χ0v) is 12.2. The summed E-state index contributed by atoms with van der Waals surface area (Å²) in [6, 6.07) is 9.77. The van der Waals surface area contributed by atoms with Crippen LogP contribution in [0.3, 0.4) is 0 Å². The number of hydrogen-bond acceptors (Lipinski definition) is 3. The molecule has 0 heterocycles. The van der Waals surface area contributed by atoms with Gasteiger partial charge < -0.3 is 4.55 Å². The molecule has 2 rings (SSSR count). The summed E-state index contributed by atoms with van der Waals surface area (Å²) in [6.07, 6.45) is 1.63. The summed E-state index contributed by atoms with van der Waals surface area (Å²) in [5.74, 6) is 0. The summed E-state index contributed by atoms with van der Waals surface area (Å²) in [5.41, 5.74) is 0.808. The molecule has 82 valence electrons. The van der Waals surface area contributed by atoms with Gasteiger partial charge in [0.05, 0.1) is 4.90 Å². The Morgan fingerprint density at radius 3 is 2.18 bits per heavy atom. The van der Waals surface area contributed by atoms with Gasteiger partial charge in [-0.15, -0.1) is 0 Å². The van der Waals surface area contributed by atoms with Crippen LogP contribution in [0.2, 0.25) is 0 Å². The summed E-state index contributed by atoms with van der Waals surface area (Å²) >= 11 is 0. The van der Waals surface area contributed by atoms with Crippen molar-refractivity contribution in [2.24, 2.45) is 0 Å². The average molecular weight is 256 g/mol. The van der Waals surface area contributed by atoms with Crippen molar-refractivity contribution in [2.45, 2.75) is 4.90 Å². The maximum absolute atomic E-state index is 11.1. The van der Waals surface area contributed by atoms with Gasteiger partial charge in [0.2, 0.25) is 0 Å². The predicted octanol–water partition coefficient (Wildman–Crippen LogP) is -0.609. The van der Waals surface area contributed by atoms with Crippen LogP contribution in [0.5, 0.6) is 0 Å². The van der Waals surface area contributed by atoms with Gasteiger partial charge in [0.25, 0.3) is 0 Å². The zero-order valence-electron chi connectivity index (χ0n) is 9.38. The Balaban J connectivity index is 0.00000144. The van der Waals surface area contributed by atoms with Crippen LogP contribution in [0.4, 0.5) is 0 Å². The van der Waals surface area contributed by atoms with Crippen LogP contribution in [0, 0.1) is 0 Å². The van der Waals surface area contributed by atoms with Crippen molar-refractivity contribution in [3.63, 3.8) is 0 Å². The summed E-state index contributed by atoms with van der Waals surface area (Å²) in [6.45, 7) is 3.65. The minimum atomic E-state index is -4.44. The van der Waals surface area contributed by atoms with Gasteiger partial charge in [0, 0.05) is 0 Å². The molecule has 0 bridgehead atoms. The second-order valence-electron chi connectivity index (χ2n) is 3.36. The molecule has 17 heavy (non-hydrogen) atoms. The predicted molar refractivity (Wildman–Crippen MR) is 62.0 cm³/mol. The van der Waals surface area contributed by atoms with Crippen LogP contribution in [-0.4, -0.2) is 13.0 Å². The summed E-state index contributed by atoms with van der Waals surface area (Å²) in [7, 11) is -4.44. The molecule has 0 aromatic heterocycles. The van der Waals surface area contributed by atoms with Crippen molar-refractivity contribution in [1.29, 1.82) is 0 Å². The van der Waals surface area contributed by atoms with Crippen molar-refractivity contribution in [1.82, 2.24) is 0 Å². The zero-order chi connectivity index (χ0) is 11.8. The fourth-order valence-corrected chi connectivity index (χ4v) is 2.37. The van der Waals surface area contributed by atoms with Crippen LogP contribution in [0.15, 0.2) is 47.9 Å². The van der Waals surface area contributed by atoms with Gasteiger partial charge in [-0.05, 0) is 22.4 Å². The van der Waals surface area contributed by atoms with Crippen molar-refractivity contribution >= 4 is 27.0 Å². The Morgan fingerprint density at radius 1 is 1.06 bits per heavy atom. The van der Waals surface area contributed by atoms with E-state index in [1.54, 1.807) is 36.4 Å². The second kappa shape index (κ2) is 5.33. The maximum atomic E-state index is 11.1. The Morgan fingerprint density at radius 2 is 1.65 bits per heavy atom. The molecule has 2 aromatic carbocycles. The first kappa shape index (κ1) is 14.4. The normalized spacial score (nSPS) is 10.9. The average Bonchev–Trinajstić information content (AvgIpc) is 2.26. The molecule has 0 amide bonds. The van der Waals surface area contributed by atoms with Gasteiger partial charge in [0.15, 0.2) is 0 Å². The van der Waals surface area contributed by atoms with Gasteiger partial charge in [-0.2, -0.15) is 0 Å². The third kappa shape index (κ3) is 2.78. The number of rotatable bonds is 2. The third-order valence-corrected chi connectivity index (χ3v) is 3.30. The maximum Gasteiger partial charge on any atom is 1.00 e. The summed E-state index contributed by atoms with van der Waals surface area (Å²) in [4.78, 5) is -0.186. The van der Waals surface area contributed by atoms with Gasteiger partial charge in [0.1, 0.15) is 10.1 Å². The molecule has 0 aliphatic rings. The van der Waals surface area contributed by atoms with E-state index in [1.807, 2.05) is 0 Å². The summed E-state index contributed by atoms with van der Waals surface area (Å²) in [5, 5.41) is 1.16. The van der Waals surface area contributed by atoms with E-state index < -0.39 is 10.1 Å². The minimum Gasteiger partial charge on any atom is -0.744 e. The minimum absolute atomic E-state index is 0. The van der Waals surface area contributed by atoms with Crippen LogP contribution in [-0.2, 0) is 10.1 Å². The molecular weight excluding hydrogens is 247 g/mol. The molecule has 0 fully saturated rings. The van der Waals surface area contributed by atoms with Crippen molar-refractivity contribution in [2.75, 3.05) is 0 Å². The van der Waals surface area contributed by atoms with Gasteiger partial charge in [-0.3, -0.25) is 0 Å². The van der Waals surface area contributed by atoms with Crippen LogP contribution < -0.4 is 29.6 Å². The molecule has 0 N–H and O–H groups in total. The van der Waals surface area contributed by atoms with E-state index in [0.717, 1.165) is 10.9 Å². The van der Waals surface area contributed by atoms with Crippen molar-refractivity contribution < 1.29 is 42.5 Å². The third-order valence-electron chi connectivity index (χ3n) is 2.41. The van der Waals surface area contributed by atoms with E-state index in [2.05, 4.69) is 6.58 Å². The molecule has 0 atom stereocenters. The largest absolute Gasteiger partial charge is 1.00 e. The standard InChI is InChI=1S/C12H10O3S.Na/c1-2-9-7-8-12(16(13,14)15)11-6-4-3-5-10(9)11;/h2-8H,1H2,(H,13,14,15);/q;+1/p-1. The molecule has 0 saturated heterocycles. The van der Waals surface area contributed by atoms with Gasteiger partial charge >= 0.3 is 29.6 Å². The Bertz CT molecular complexity index is 663. The molecule has 5 heteroatoms. The first-order valence-electron chi connectivity index (χ1n) is 4.64. The molecule has 3 nitrogen and oxygen atoms in total. The van der Waals surface area contributed by atoms with Crippen LogP contribution in [0.1, 0.15) is 5.56 Å². The molecule has 0 aliphatic carbocycles. The molecule has 0 unspecified atom stereocenters. The topological polar surface area (TPSA) is 57.2 Å².